The molecule has 0 spiro atoms. The third-order valence-electron chi connectivity index (χ3n) is 3.51. The maximum absolute atomic E-state index is 12.0. The second kappa shape index (κ2) is 6.06. The van der Waals surface area contributed by atoms with Crippen LogP contribution in [0.3, 0.4) is 0 Å². The number of para-hydroxylation sites is 1. The minimum absolute atomic E-state index is 0.0666. The number of aromatic carboxylic acids is 1. The van der Waals surface area contributed by atoms with E-state index in [9.17, 15) is 14.1 Å². The van der Waals surface area contributed by atoms with Crippen LogP contribution in [0.15, 0.2) is 53.4 Å². The van der Waals surface area contributed by atoms with Crippen LogP contribution in [0.4, 0.5) is 0 Å². The fourth-order valence-electron chi connectivity index (χ4n) is 2.57. The largest absolute Gasteiger partial charge is 0.497 e. The summed E-state index contributed by atoms with van der Waals surface area (Å²) >= 11 is 0. The topological polar surface area (TPSA) is 68.5 Å². The van der Waals surface area contributed by atoms with Gasteiger partial charge in [-0.3, -0.25) is 0 Å². The maximum Gasteiger partial charge on any atom is 0.354 e. The highest BCUT2D eigenvalue weighted by Gasteiger charge is 2.26. The molecule has 3 rings (SSSR count). The van der Waals surface area contributed by atoms with Crippen molar-refractivity contribution in [3.63, 3.8) is 0 Å². The van der Waals surface area contributed by atoms with Gasteiger partial charge in [0.15, 0.2) is 15.7 Å². The summed E-state index contributed by atoms with van der Waals surface area (Å²) in [6, 6.07) is 14.1. The number of carboxylic acids is 1. The van der Waals surface area contributed by atoms with Crippen LogP contribution in [-0.2, 0) is 10.0 Å². The number of carboxylic acid groups (broad SMARTS) is 1. The number of aromatic nitrogens is 1. The van der Waals surface area contributed by atoms with Gasteiger partial charge in [-0.15, -0.1) is 0 Å². The van der Waals surface area contributed by atoms with Gasteiger partial charge in [0.05, 0.1) is 17.5 Å². The van der Waals surface area contributed by atoms with Crippen LogP contribution in [0.25, 0.3) is 16.6 Å². The zero-order valence-electron chi connectivity index (χ0n) is 12.0. The first-order valence-electron chi connectivity index (χ1n) is 6.63. The highest BCUT2D eigenvalue weighted by Crippen LogP contribution is 2.35. The standard InChI is InChI=1S/C16H12ClNO4S/c1-22-11-7-8-13-12(9-11)15(23(17)21)14(16(19)20)18(13)10-5-3-2-4-6-10/h2-9H,1H3,(H,19,20). The highest BCUT2D eigenvalue weighted by atomic mass is 35.7. The van der Waals surface area contributed by atoms with Crippen LogP contribution in [0.5, 0.6) is 5.75 Å². The van der Waals surface area contributed by atoms with Crippen molar-refractivity contribution in [1.29, 1.82) is 0 Å². The molecule has 1 aromatic heterocycles. The van der Waals surface area contributed by atoms with Crippen molar-refractivity contribution < 1.29 is 18.8 Å². The number of hydrogen-bond donors (Lipinski definition) is 1. The first-order chi connectivity index (χ1) is 11.0. The third-order valence-corrected chi connectivity index (χ3v) is 4.70. The van der Waals surface area contributed by atoms with Gasteiger partial charge in [-0.1, -0.05) is 18.2 Å². The highest BCUT2D eigenvalue weighted by molar-refractivity contribution is 8.08. The molecule has 0 amide bonds. The lowest BCUT2D eigenvalue weighted by molar-refractivity contribution is 0.0684. The minimum Gasteiger partial charge on any atom is -0.497 e. The fraction of sp³-hybridized carbons (Fsp3) is 0.0625. The van der Waals surface area contributed by atoms with E-state index >= 15 is 0 Å². The van der Waals surface area contributed by atoms with E-state index in [0.717, 1.165) is 0 Å². The van der Waals surface area contributed by atoms with Crippen molar-refractivity contribution >= 4 is 37.6 Å². The van der Waals surface area contributed by atoms with Gasteiger partial charge in [0.25, 0.3) is 0 Å². The third kappa shape index (κ3) is 2.60. The van der Waals surface area contributed by atoms with E-state index in [4.69, 9.17) is 15.4 Å². The molecular weight excluding hydrogens is 338 g/mol. The number of rotatable bonds is 4. The van der Waals surface area contributed by atoms with Gasteiger partial charge < -0.3 is 14.4 Å². The molecule has 1 atom stereocenters. The molecule has 0 saturated heterocycles. The SMILES string of the molecule is COc1ccc2c(c1)c(S(=O)Cl)c(C(=O)O)n2-c1ccccc1. The molecule has 0 aliphatic carbocycles. The Bertz CT molecular complexity index is 921. The summed E-state index contributed by atoms with van der Waals surface area (Å²) in [5, 5.41) is 10.1. The maximum atomic E-state index is 12.0. The number of halogens is 1. The number of benzene rings is 2. The van der Waals surface area contributed by atoms with E-state index in [0.29, 0.717) is 22.3 Å². The zero-order valence-corrected chi connectivity index (χ0v) is 13.6. The van der Waals surface area contributed by atoms with E-state index < -0.39 is 16.0 Å². The van der Waals surface area contributed by atoms with Gasteiger partial charge in [-0.2, -0.15) is 0 Å². The Kier molecular flexibility index (Phi) is 4.11. The first kappa shape index (κ1) is 15.6. The molecule has 2 aromatic carbocycles. The van der Waals surface area contributed by atoms with Gasteiger partial charge >= 0.3 is 5.97 Å². The van der Waals surface area contributed by atoms with Gasteiger partial charge in [0.1, 0.15) is 5.75 Å². The summed E-state index contributed by atoms with van der Waals surface area (Å²) < 4.78 is 18.7. The van der Waals surface area contributed by atoms with Gasteiger partial charge in [-0.05, 0) is 41.0 Å². The Labute approximate surface area is 139 Å². The monoisotopic (exact) mass is 349 g/mol. The molecule has 1 heterocycles. The zero-order chi connectivity index (χ0) is 16.6. The van der Waals surface area contributed by atoms with Gasteiger partial charge in [0.2, 0.25) is 0 Å². The first-order valence-corrected chi connectivity index (χ1v) is 8.61. The van der Waals surface area contributed by atoms with Crippen molar-refractivity contribution in [2.45, 2.75) is 4.90 Å². The van der Waals surface area contributed by atoms with Crippen molar-refractivity contribution in [2.24, 2.45) is 0 Å². The van der Waals surface area contributed by atoms with Crippen LogP contribution in [-0.4, -0.2) is 27.0 Å². The van der Waals surface area contributed by atoms with E-state index in [1.54, 1.807) is 42.5 Å². The molecule has 1 unspecified atom stereocenters. The average molecular weight is 350 g/mol. The molecule has 1 N–H and O–H groups in total. The summed E-state index contributed by atoms with van der Waals surface area (Å²) in [6.45, 7) is 0. The summed E-state index contributed by atoms with van der Waals surface area (Å²) in [4.78, 5) is 11.9. The molecule has 5 nitrogen and oxygen atoms in total. The fourth-order valence-corrected chi connectivity index (χ4v) is 3.70. The number of methoxy groups -OCH3 is 1. The van der Waals surface area contributed by atoms with E-state index in [-0.39, 0.29) is 10.6 Å². The molecule has 3 aromatic rings. The molecule has 7 heteroatoms. The lowest BCUT2D eigenvalue weighted by atomic mass is 10.2. The summed E-state index contributed by atoms with van der Waals surface area (Å²) in [7, 11) is 5.30. The Balaban J connectivity index is 2.49. The molecule has 0 aliphatic heterocycles. The number of nitrogens with zero attached hydrogens (tertiary/aromatic N) is 1. The van der Waals surface area contributed by atoms with Crippen LogP contribution in [0.1, 0.15) is 10.5 Å². The van der Waals surface area contributed by atoms with Gasteiger partial charge in [0, 0.05) is 11.1 Å². The van der Waals surface area contributed by atoms with Gasteiger partial charge in [-0.25, -0.2) is 9.00 Å². The van der Waals surface area contributed by atoms with Crippen LogP contribution in [0, 0.1) is 0 Å². The second-order valence-corrected chi connectivity index (χ2v) is 6.46. The summed E-state index contributed by atoms with van der Waals surface area (Å²) in [5.41, 5.74) is 1.12. The van der Waals surface area contributed by atoms with E-state index in [2.05, 4.69) is 0 Å². The van der Waals surface area contributed by atoms with Crippen molar-refractivity contribution in [2.75, 3.05) is 7.11 Å². The molecular formula is C16H12ClNO4S. The Hall–Kier alpha value is -2.31. The number of carbonyl (C=O) groups is 1. The van der Waals surface area contributed by atoms with Crippen LogP contribution >= 0.6 is 10.7 Å². The lowest BCUT2D eigenvalue weighted by Crippen LogP contribution is -2.08. The average Bonchev–Trinajstić information content (AvgIpc) is 2.90. The predicted octanol–water partition coefficient (Wildman–Crippen LogP) is 3.60. The number of ether oxygens (including phenoxy) is 1. The Morgan fingerprint density at radius 3 is 2.48 bits per heavy atom. The number of fused-ring (bicyclic) bond motifs is 1. The lowest BCUT2D eigenvalue weighted by Gasteiger charge is -2.08. The van der Waals surface area contributed by atoms with E-state index in [1.165, 1.54) is 11.7 Å². The quantitative estimate of drug-likeness (QED) is 0.731. The second-order valence-electron chi connectivity index (χ2n) is 4.76. The normalized spacial score (nSPS) is 12.3. The predicted molar refractivity (Wildman–Crippen MR) is 89.0 cm³/mol. The molecule has 0 fully saturated rings. The minimum atomic E-state index is -1.98. The molecule has 0 radical (unpaired) electrons. The Morgan fingerprint density at radius 2 is 1.91 bits per heavy atom. The molecule has 118 valence electrons. The molecule has 0 saturated carbocycles. The van der Waals surface area contributed by atoms with Crippen LogP contribution < -0.4 is 4.74 Å². The summed E-state index contributed by atoms with van der Waals surface area (Å²) in [5.74, 6) is -0.670. The van der Waals surface area contributed by atoms with Crippen molar-refractivity contribution in [3.05, 3.63) is 54.2 Å². The smallest absolute Gasteiger partial charge is 0.354 e. The van der Waals surface area contributed by atoms with E-state index in [1.807, 2.05) is 6.07 Å². The number of hydrogen-bond acceptors (Lipinski definition) is 3. The molecule has 0 bridgehead atoms. The Morgan fingerprint density at radius 1 is 1.22 bits per heavy atom. The summed E-state index contributed by atoms with van der Waals surface area (Å²) in [6.07, 6.45) is 0. The van der Waals surface area contributed by atoms with Crippen molar-refractivity contribution in [1.82, 2.24) is 4.57 Å². The van der Waals surface area contributed by atoms with Crippen LogP contribution in [0.2, 0.25) is 0 Å². The van der Waals surface area contributed by atoms with Crippen molar-refractivity contribution in [3.8, 4) is 11.4 Å². The molecule has 23 heavy (non-hydrogen) atoms. The molecule has 0 aliphatic rings.